The van der Waals surface area contributed by atoms with E-state index in [1.165, 1.54) is 14.7 Å². The van der Waals surface area contributed by atoms with E-state index >= 15 is 0 Å². The average Bonchev–Trinajstić information content (AvgIpc) is 3.11. The molecule has 0 aromatic heterocycles. The van der Waals surface area contributed by atoms with Crippen LogP contribution in [0.5, 0.6) is 17.2 Å². The number of ether oxygens (including phenoxy) is 6. The van der Waals surface area contributed by atoms with Crippen molar-refractivity contribution in [1.29, 1.82) is 0 Å². The first-order chi connectivity index (χ1) is 23.4. The van der Waals surface area contributed by atoms with Gasteiger partial charge in [-0.1, -0.05) is 13.3 Å². The van der Waals surface area contributed by atoms with Gasteiger partial charge in [-0.2, -0.15) is 0 Å². The van der Waals surface area contributed by atoms with Crippen LogP contribution in [0.15, 0.2) is 87.5 Å². The normalized spacial score (nSPS) is 22.1. The third-order valence-corrected chi connectivity index (χ3v) is 11.2. The molecule has 3 aliphatic heterocycles. The molecule has 0 N–H and O–H groups in total. The number of hydrogen-bond acceptors (Lipinski definition) is 9. The predicted molar refractivity (Wildman–Crippen MR) is 184 cm³/mol. The first-order valence-electron chi connectivity index (χ1n) is 17.2. The molecule has 11 heteroatoms. The highest BCUT2D eigenvalue weighted by Gasteiger charge is 2.30. The number of unbranched alkanes of at least 4 members (excludes halogenated alkanes) is 1. The van der Waals surface area contributed by atoms with Crippen molar-refractivity contribution in [2.75, 3.05) is 25.6 Å². The molecule has 0 bridgehead atoms. The van der Waals surface area contributed by atoms with Crippen LogP contribution in [-0.4, -0.2) is 57.4 Å². The van der Waals surface area contributed by atoms with Crippen LogP contribution in [0.2, 0.25) is 0 Å². The van der Waals surface area contributed by atoms with E-state index in [4.69, 9.17) is 28.4 Å². The van der Waals surface area contributed by atoms with Gasteiger partial charge in [0.15, 0.2) is 33.6 Å². The first-order valence-corrected chi connectivity index (χ1v) is 20.0. The summed E-state index contributed by atoms with van der Waals surface area (Å²) in [6, 6.07) is 25.4. The Kier molecular flexibility index (Phi) is 14.3. The standard InChI is InChI=1S/C33H39O6S.C4H10O3S/c1-4-22-34-31(7-1)37-25-10-16-28(17-11-25)40(29-18-12-26(13-19-29)38-32-8-2-5-23-35-32)30-20-14-27(15-21-30)39-33-9-3-6-24-36-33;1-2-3-4-8(5,6)7/h10-21,31-33H,1-9,22-24H2;2-4H2,1H3,(H,5,6,7)/q+1;/p-1. The van der Waals surface area contributed by atoms with E-state index in [0.717, 1.165) is 101 Å². The number of hydrogen-bond donors (Lipinski definition) is 0. The zero-order valence-electron chi connectivity index (χ0n) is 27.8. The molecule has 48 heavy (non-hydrogen) atoms. The Morgan fingerprint density at radius 1 is 0.604 bits per heavy atom. The maximum absolute atomic E-state index is 9.83. The molecule has 3 atom stereocenters. The fourth-order valence-electron chi connectivity index (χ4n) is 5.56. The molecule has 0 amide bonds. The maximum atomic E-state index is 9.83. The maximum Gasteiger partial charge on any atom is 0.199 e. The quantitative estimate of drug-likeness (QED) is 0.138. The van der Waals surface area contributed by atoms with Crippen molar-refractivity contribution in [2.45, 2.75) is 111 Å². The van der Waals surface area contributed by atoms with Gasteiger partial charge in [0.2, 0.25) is 0 Å². The van der Waals surface area contributed by atoms with Crippen LogP contribution in [0.1, 0.15) is 77.6 Å². The Bertz CT molecular complexity index is 1300. The summed E-state index contributed by atoms with van der Waals surface area (Å²) >= 11 is 0. The molecule has 0 aliphatic carbocycles. The van der Waals surface area contributed by atoms with Gasteiger partial charge in [0, 0.05) is 25.0 Å². The third-order valence-electron chi connectivity index (χ3n) is 8.14. The Balaban J connectivity index is 0.000000503. The summed E-state index contributed by atoms with van der Waals surface area (Å²) in [5.74, 6) is 2.30. The lowest BCUT2D eigenvalue weighted by Gasteiger charge is -2.23. The van der Waals surface area contributed by atoms with Crippen LogP contribution >= 0.6 is 0 Å². The molecule has 3 unspecified atom stereocenters. The van der Waals surface area contributed by atoms with Crippen molar-refractivity contribution in [1.82, 2.24) is 0 Å². The van der Waals surface area contributed by atoms with Gasteiger partial charge in [-0.25, -0.2) is 8.42 Å². The highest BCUT2D eigenvalue weighted by atomic mass is 32.2. The highest BCUT2D eigenvalue weighted by Crippen LogP contribution is 2.35. The molecule has 262 valence electrons. The highest BCUT2D eigenvalue weighted by molar-refractivity contribution is 7.97. The molecule has 3 aliphatic rings. The smallest absolute Gasteiger partial charge is 0.199 e. The minimum atomic E-state index is -3.94. The van der Waals surface area contributed by atoms with Crippen LogP contribution in [-0.2, 0) is 35.2 Å². The van der Waals surface area contributed by atoms with E-state index in [-0.39, 0.29) is 35.5 Å². The summed E-state index contributed by atoms with van der Waals surface area (Å²) in [6.45, 7) is 4.15. The first kappa shape index (κ1) is 36.5. The summed E-state index contributed by atoms with van der Waals surface area (Å²) in [5, 5.41) is 0. The molecule has 3 aromatic rings. The van der Waals surface area contributed by atoms with Crippen LogP contribution < -0.4 is 14.2 Å². The van der Waals surface area contributed by atoms with Gasteiger partial charge in [0.05, 0.1) is 40.8 Å². The molecule has 3 aromatic carbocycles. The van der Waals surface area contributed by atoms with Gasteiger partial charge in [0.1, 0.15) is 17.2 Å². The molecular formula is C37H48O9S2. The fourth-order valence-corrected chi connectivity index (χ4v) is 8.24. The lowest BCUT2D eigenvalue weighted by atomic mass is 10.2. The van der Waals surface area contributed by atoms with E-state index in [9.17, 15) is 13.0 Å². The van der Waals surface area contributed by atoms with Gasteiger partial charge in [-0.15, -0.1) is 0 Å². The van der Waals surface area contributed by atoms with Crippen molar-refractivity contribution in [3.05, 3.63) is 72.8 Å². The van der Waals surface area contributed by atoms with Crippen molar-refractivity contribution < 1.29 is 41.4 Å². The van der Waals surface area contributed by atoms with Gasteiger partial charge in [-0.05, 0) is 118 Å². The average molecular weight is 701 g/mol. The van der Waals surface area contributed by atoms with E-state index < -0.39 is 10.1 Å². The molecular weight excluding hydrogens is 653 g/mol. The Labute approximate surface area is 288 Å². The molecule has 3 saturated heterocycles. The van der Waals surface area contributed by atoms with Crippen LogP contribution in [0.4, 0.5) is 0 Å². The zero-order valence-corrected chi connectivity index (χ0v) is 29.4. The summed E-state index contributed by atoms with van der Waals surface area (Å²) in [7, 11) is -4.26. The Morgan fingerprint density at radius 3 is 1.17 bits per heavy atom. The molecule has 6 rings (SSSR count). The van der Waals surface area contributed by atoms with Gasteiger partial charge < -0.3 is 33.0 Å². The SMILES string of the molecule is CCCCS(=O)(=O)[O-].c1cc([S+](c2ccc(OC3CCCCO3)cc2)c2ccc(OC3CCCCO3)cc2)ccc1OC1CCCCO1. The van der Waals surface area contributed by atoms with E-state index in [0.29, 0.717) is 6.42 Å². The largest absolute Gasteiger partial charge is 0.748 e. The van der Waals surface area contributed by atoms with Gasteiger partial charge in [-0.3, -0.25) is 0 Å². The lowest BCUT2D eigenvalue weighted by Crippen LogP contribution is -2.25. The number of benzene rings is 3. The Hall–Kier alpha value is -2.80. The summed E-state index contributed by atoms with van der Waals surface area (Å²) < 4.78 is 65.1. The number of rotatable bonds is 12. The second kappa shape index (κ2) is 18.8. The molecule has 0 saturated carbocycles. The van der Waals surface area contributed by atoms with Crippen LogP contribution in [0, 0.1) is 0 Å². The molecule has 0 radical (unpaired) electrons. The minimum absolute atomic E-state index is 0.153. The van der Waals surface area contributed by atoms with Gasteiger partial charge in [0.25, 0.3) is 0 Å². The van der Waals surface area contributed by atoms with Crippen LogP contribution in [0.3, 0.4) is 0 Å². The van der Waals surface area contributed by atoms with E-state index in [2.05, 4.69) is 72.8 Å². The monoisotopic (exact) mass is 700 g/mol. The molecule has 9 nitrogen and oxygen atoms in total. The molecule has 3 heterocycles. The van der Waals surface area contributed by atoms with E-state index in [1.807, 2.05) is 6.92 Å². The predicted octanol–water partition coefficient (Wildman–Crippen LogP) is 7.83. The molecule has 0 spiro atoms. The topological polar surface area (TPSA) is 113 Å². The van der Waals surface area contributed by atoms with Crippen molar-refractivity contribution in [3.63, 3.8) is 0 Å². The van der Waals surface area contributed by atoms with E-state index in [1.54, 1.807) is 0 Å². The summed E-state index contributed by atoms with van der Waals surface area (Å²) in [5.41, 5.74) is 0. The third kappa shape index (κ3) is 12.0. The van der Waals surface area contributed by atoms with Crippen LogP contribution in [0.25, 0.3) is 0 Å². The fraction of sp³-hybridized carbons (Fsp3) is 0.514. The zero-order chi connectivity index (χ0) is 33.6. The van der Waals surface area contributed by atoms with Gasteiger partial charge >= 0.3 is 0 Å². The summed E-state index contributed by atoms with van der Waals surface area (Å²) in [4.78, 5) is 3.64. The van der Waals surface area contributed by atoms with Crippen molar-refractivity contribution in [3.8, 4) is 17.2 Å². The van der Waals surface area contributed by atoms with Crippen molar-refractivity contribution >= 4 is 21.0 Å². The lowest BCUT2D eigenvalue weighted by molar-refractivity contribution is -0.106. The second-order valence-corrected chi connectivity index (χ2v) is 15.6. The van der Waals surface area contributed by atoms with Crippen molar-refractivity contribution in [2.24, 2.45) is 0 Å². The summed E-state index contributed by atoms with van der Waals surface area (Å²) in [6.07, 6.45) is 10.3. The minimum Gasteiger partial charge on any atom is -0.748 e. The molecule has 3 fully saturated rings. The Morgan fingerprint density at radius 2 is 0.938 bits per heavy atom. The second-order valence-electron chi connectivity index (χ2n) is 12.1.